The highest BCUT2D eigenvalue weighted by atomic mass is 32.1. The molecule has 0 unspecified atom stereocenters. The van der Waals surface area contributed by atoms with Gasteiger partial charge in [-0.05, 0) is 25.1 Å². The summed E-state index contributed by atoms with van der Waals surface area (Å²) in [5.74, 6) is -3.83. The van der Waals surface area contributed by atoms with Crippen LogP contribution in [0.3, 0.4) is 0 Å². The molecule has 2 aromatic rings. The summed E-state index contributed by atoms with van der Waals surface area (Å²) in [5.41, 5.74) is -0.358. The highest BCUT2D eigenvalue weighted by Crippen LogP contribution is 2.25. The smallest absolute Gasteiger partial charge is 0.331 e. The van der Waals surface area contributed by atoms with E-state index in [2.05, 4.69) is 4.98 Å². The van der Waals surface area contributed by atoms with Crippen LogP contribution in [-0.2, 0) is 4.79 Å². The molecule has 0 radical (unpaired) electrons. The van der Waals surface area contributed by atoms with Gasteiger partial charge in [0.2, 0.25) is 0 Å². The van der Waals surface area contributed by atoms with Crippen LogP contribution in [0.4, 0.5) is 8.78 Å². The molecule has 8 heteroatoms. The third-order valence-electron chi connectivity index (χ3n) is 3.03. The molecule has 1 aromatic heterocycles. The van der Waals surface area contributed by atoms with E-state index in [0.29, 0.717) is 5.01 Å². The van der Waals surface area contributed by atoms with Crippen LogP contribution in [0, 0.1) is 18.6 Å². The number of carbonyl (C=O) groups excluding carboxylic acids is 1. The molecule has 2 rings (SSSR count). The van der Waals surface area contributed by atoms with Gasteiger partial charge in [0.25, 0.3) is 5.91 Å². The average molecular weight is 326 g/mol. The predicted octanol–water partition coefficient (Wildman–Crippen LogP) is 2.63. The third kappa shape index (κ3) is 3.11. The van der Waals surface area contributed by atoms with Crippen molar-refractivity contribution in [3.63, 3.8) is 0 Å². The molecule has 0 saturated carbocycles. The summed E-state index contributed by atoms with van der Waals surface area (Å²) in [4.78, 5) is 28.5. The second-order valence-electron chi connectivity index (χ2n) is 4.57. The highest BCUT2D eigenvalue weighted by molar-refractivity contribution is 7.09. The van der Waals surface area contributed by atoms with Crippen molar-refractivity contribution in [3.05, 3.63) is 51.5 Å². The van der Waals surface area contributed by atoms with Gasteiger partial charge in [0.15, 0.2) is 6.04 Å². The summed E-state index contributed by atoms with van der Waals surface area (Å²) in [7, 11) is 1.21. The lowest BCUT2D eigenvalue weighted by atomic mass is 10.0. The average Bonchev–Trinajstić information content (AvgIpc) is 2.88. The number of carboxylic acid groups (broad SMARTS) is 1. The lowest BCUT2D eigenvalue weighted by Crippen LogP contribution is -2.36. The number of carbonyl (C=O) groups is 2. The van der Waals surface area contributed by atoms with Crippen LogP contribution in [0.2, 0.25) is 0 Å². The number of hydrogen-bond donors (Lipinski definition) is 1. The van der Waals surface area contributed by atoms with Crippen molar-refractivity contribution in [1.29, 1.82) is 0 Å². The van der Waals surface area contributed by atoms with Crippen LogP contribution < -0.4 is 0 Å². The number of carboxylic acids is 1. The Labute approximate surface area is 128 Å². The van der Waals surface area contributed by atoms with E-state index in [-0.39, 0.29) is 5.69 Å². The van der Waals surface area contributed by atoms with Crippen LogP contribution in [-0.4, -0.2) is 33.9 Å². The lowest BCUT2D eigenvalue weighted by Gasteiger charge is -2.24. The van der Waals surface area contributed by atoms with Crippen molar-refractivity contribution in [2.24, 2.45) is 0 Å². The monoisotopic (exact) mass is 326 g/mol. The molecule has 5 nitrogen and oxygen atoms in total. The molecule has 1 amide bonds. The number of thiazole rings is 1. The van der Waals surface area contributed by atoms with Gasteiger partial charge < -0.3 is 10.0 Å². The quantitative estimate of drug-likeness (QED) is 0.937. The number of aliphatic carboxylic acids is 1. The zero-order valence-electron chi connectivity index (χ0n) is 11.7. The first-order valence-electron chi connectivity index (χ1n) is 6.18. The van der Waals surface area contributed by atoms with Crippen molar-refractivity contribution in [1.82, 2.24) is 9.88 Å². The second kappa shape index (κ2) is 6.18. The normalized spacial score (nSPS) is 12.0. The van der Waals surface area contributed by atoms with E-state index in [1.807, 2.05) is 0 Å². The molecule has 1 N–H and O–H groups in total. The summed E-state index contributed by atoms with van der Waals surface area (Å²) >= 11 is 1.23. The van der Waals surface area contributed by atoms with E-state index in [9.17, 15) is 23.5 Å². The number of benzene rings is 1. The number of amides is 1. The number of hydrogen-bond acceptors (Lipinski definition) is 4. The maximum absolute atomic E-state index is 13.8. The van der Waals surface area contributed by atoms with Crippen LogP contribution in [0.1, 0.15) is 27.1 Å². The van der Waals surface area contributed by atoms with Gasteiger partial charge in [-0.3, -0.25) is 4.79 Å². The van der Waals surface area contributed by atoms with Gasteiger partial charge >= 0.3 is 5.97 Å². The van der Waals surface area contributed by atoms with Gasteiger partial charge in [-0.25, -0.2) is 18.6 Å². The van der Waals surface area contributed by atoms with Gasteiger partial charge in [-0.2, -0.15) is 0 Å². The molecule has 0 fully saturated rings. The molecule has 116 valence electrons. The molecule has 0 bridgehead atoms. The van der Waals surface area contributed by atoms with E-state index < -0.39 is 35.1 Å². The third-order valence-corrected chi connectivity index (χ3v) is 3.81. The Kier molecular flexibility index (Phi) is 4.51. The predicted molar refractivity (Wildman–Crippen MR) is 75.7 cm³/mol. The first kappa shape index (κ1) is 16.0. The second-order valence-corrected chi connectivity index (χ2v) is 5.64. The number of aryl methyl sites for hydroxylation is 1. The van der Waals surface area contributed by atoms with Gasteiger partial charge in [0.1, 0.15) is 17.3 Å². The van der Waals surface area contributed by atoms with Gasteiger partial charge in [0, 0.05) is 18.0 Å². The fourth-order valence-corrected chi connectivity index (χ4v) is 2.58. The Balaban J connectivity index is 2.41. The number of nitrogens with zero attached hydrogens (tertiary/aromatic N) is 2. The van der Waals surface area contributed by atoms with Crippen molar-refractivity contribution < 1.29 is 23.5 Å². The maximum Gasteiger partial charge on any atom is 0.331 e. The minimum Gasteiger partial charge on any atom is -0.479 e. The maximum atomic E-state index is 13.8. The Morgan fingerprint density at radius 3 is 2.59 bits per heavy atom. The Morgan fingerprint density at radius 1 is 1.36 bits per heavy atom. The zero-order valence-corrected chi connectivity index (χ0v) is 12.5. The molecule has 22 heavy (non-hydrogen) atoms. The number of rotatable bonds is 4. The standard InChI is InChI=1S/C14H12F2N2O3S/c1-7-17-11(6-22-7)13(19)18(2)12(14(20)21)9-5-8(15)3-4-10(9)16/h3-6,12H,1-2H3,(H,20,21)/t12-/m1/s1. The summed E-state index contributed by atoms with van der Waals surface area (Å²) in [6.07, 6.45) is 0. The van der Waals surface area contributed by atoms with E-state index in [1.165, 1.54) is 23.8 Å². The van der Waals surface area contributed by atoms with E-state index in [0.717, 1.165) is 23.1 Å². The molecule has 0 saturated heterocycles. The molecular formula is C14H12F2N2O3S. The molecule has 0 aliphatic rings. The van der Waals surface area contributed by atoms with Gasteiger partial charge in [-0.15, -0.1) is 11.3 Å². The fraction of sp³-hybridized carbons (Fsp3) is 0.214. The molecule has 0 spiro atoms. The van der Waals surface area contributed by atoms with E-state index >= 15 is 0 Å². The van der Waals surface area contributed by atoms with Crippen LogP contribution >= 0.6 is 11.3 Å². The summed E-state index contributed by atoms with van der Waals surface area (Å²) < 4.78 is 27.1. The van der Waals surface area contributed by atoms with Crippen molar-refractivity contribution in [3.8, 4) is 0 Å². The van der Waals surface area contributed by atoms with Crippen LogP contribution in [0.15, 0.2) is 23.6 Å². The Hall–Kier alpha value is -2.35. The molecule has 1 aromatic carbocycles. The zero-order chi connectivity index (χ0) is 16.4. The van der Waals surface area contributed by atoms with Crippen molar-refractivity contribution in [2.45, 2.75) is 13.0 Å². The Morgan fingerprint density at radius 2 is 2.05 bits per heavy atom. The topological polar surface area (TPSA) is 70.5 Å². The minimum absolute atomic E-state index is 0.0630. The van der Waals surface area contributed by atoms with Crippen LogP contribution in [0.5, 0.6) is 0 Å². The largest absolute Gasteiger partial charge is 0.479 e. The first-order chi connectivity index (χ1) is 10.3. The van der Waals surface area contributed by atoms with Crippen molar-refractivity contribution >= 4 is 23.2 Å². The molecule has 0 aliphatic heterocycles. The van der Waals surface area contributed by atoms with Gasteiger partial charge in [0.05, 0.1) is 5.01 Å². The molecule has 1 atom stereocenters. The number of halogens is 2. The summed E-state index contributed by atoms with van der Waals surface area (Å²) in [5, 5.41) is 11.4. The summed E-state index contributed by atoms with van der Waals surface area (Å²) in [6.45, 7) is 1.70. The van der Waals surface area contributed by atoms with Gasteiger partial charge in [-0.1, -0.05) is 0 Å². The molecule has 1 heterocycles. The Bertz CT molecular complexity index is 733. The SMILES string of the molecule is Cc1nc(C(=O)N(C)[C@@H](C(=O)O)c2cc(F)ccc2F)cs1. The van der Waals surface area contributed by atoms with E-state index in [1.54, 1.807) is 6.92 Å². The fourth-order valence-electron chi connectivity index (χ4n) is 1.99. The first-order valence-corrected chi connectivity index (χ1v) is 7.06. The van der Waals surface area contributed by atoms with Crippen LogP contribution in [0.25, 0.3) is 0 Å². The minimum atomic E-state index is -1.65. The van der Waals surface area contributed by atoms with Crippen molar-refractivity contribution in [2.75, 3.05) is 7.05 Å². The highest BCUT2D eigenvalue weighted by Gasteiger charge is 2.32. The molecule has 0 aliphatic carbocycles. The molecular weight excluding hydrogens is 314 g/mol. The number of likely N-dealkylation sites (N-methyl/N-ethyl adjacent to an activating group) is 1. The summed E-state index contributed by atoms with van der Waals surface area (Å²) in [6, 6.07) is 0.824. The van der Waals surface area contributed by atoms with E-state index in [4.69, 9.17) is 0 Å². The number of aromatic nitrogens is 1. The lowest BCUT2D eigenvalue weighted by molar-refractivity contribution is -0.142.